The molecule has 0 spiro atoms. The van der Waals surface area contributed by atoms with Crippen LogP contribution in [-0.2, 0) is 6.42 Å². The van der Waals surface area contributed by atoms with Gasteiger partial charge in [-0.15, -0.1) is 23.1 Å². The number of aromatic nitrogens is 1. The summed E-state index contributed by atoms with van der Waals surface area (Å²) in [7, 11) is 0. The highest BCUT2D eigenvalue weighted by molar-refractivity contribution is 7.99. The molecule has 5 nitrogen and oxygen atoms in total. The molecule has 0 bridgehead atoms. The van der Waals surface area contributed by atoms with Gasteiger partial charge in [-0.1, -0.05) is 25.1 Å². The lowest BCUT2D eigenvalue weighted by Crippen LogP contribution is -2.41. The van der Waals surface area contributed by atoms with Crippen molar-refractivity contribution in [2.45, 2.75) is 49.3 Å². The van der Waals surface area contributed by atoms with Gasteiger partial charge in [-0.05, 0) is 56.4 Å². The molecule has 172 valence electrons. The van der Waals surface area contributed by atoms with Crippen LogP contribution in [0, 0.1) is 6.92 Å². The van der Waals surface area contributed by atoms with Crippen molar-refractivity contribution in [3.63, 3.8) is 0 Å². The number of thiophene rings is 1. The third kappa shape index (κ3) is 4.29. The van der Waals surface area contributed by atoms with E-state index in [1.54, 1.807) is 17.4 Å². The number of carbonyl (C=O) groups excluding carboxylic acids is 1. The number of fused-ring (bicyclic) bond motifs is 3. The standard InChI is InChI=1S/C26H29N3O2S2/c1-3-28-12-6-8-18(28)16-27-26(31)25-20-15-24(23-11-7-13-32-23)33-22-10-5-4-9-19(22)29(20)17(2)14-21(25)30/h4-5,7,9-11,13-14,18,24H,3,6,8,12,15-16H2,1-2H3,(H,27,31)/t18-,24+/m0/s1. The third-order valence-electron chi connectivity index (χ3n) is 6.74. The Balaban J connectivity index is 1.57. The molecule has 2 aliphatic heterocycles. The van der Waals surface area contributed by atoms with Crippen LogP contribution in [0.1, 0.15) is 51.6 Å². The molecular formula is C26H29N3O2S2. The molecule has 2 atom stereocenters. The minimum atomic E-state index is -0.249. The number of likely N-dealkylation sites (tertiary alicyclic amines) is 1. The molecule has 4 heterocycles. The Hall–Kier alpha value is -2.35. The Morgan fingerprint density at radius 3 is 2.85 bits per heavy atom. The monoisotopic (exact) mass is 479 g/mol. The number of aryl methyl sites for hydroxylation is 1. The highest BCUT2D eigenvalue weighted by atomic mass is 32.2. The molecule has 1 amide bonds. The van der Waals surface area contributed by atoms with Crippen LogP contribution in [0.25, 0.3) is 5.69 Å². The summed E-state index contributed by atoms with van der Waals surface area (Å²) in [6, 6.07) is 14.5. The van der Waals surface area contributed by atoms with Crippen molar-refractivity contribution in [3.05, 3.63) is 79.9 Å². The second kappa shape index (κ2) is 9.49. The highest BCUT2D eigenvalue weighted by Crippen LogP contribution is 2.45. The molecule has 3 aromatic rings. The molecule has 0 radical (unpaired) electrons. The number of likely N-dealkylation sites (N-methyl/N-ethyl adjacent to an activating group) is 1. The van der Waals surface area contributed by atoms with Crippen molar-refractivity contribution in [3.8, 4) is 5.69 Å². The van der Waals surface area contributed by atoms with Gasteiger partial charge in [0.2, 0.25) is 0 Å². The number of pyridine rings is 1. The number of nitrogens with zero attached hydrogens (tertiary/aromatic N) is 2. The van der Waals surface area contributed by atoms with Gasteiger partial charge >= 0.3 is 0 Å². The van der Waals surface area contributed by atoms with Crippen molar-refractivity contribution in [2.24, 2.45) is 0 Å². The number of para-hydroxylation sites is 1. The SMILES string of the molecule is CCN1CCC[C@H]1CNC(=O)c1c2n(c(C)cc1=O)-c1ccccc1S[C@@H](c1cccs1)C2. The number of carbonyl (C=O) groups is 1. The average molecular weight is 480 g/mol. The first-order chi connectivity index (χ1) is 16.1. The summed E-state index contributed by atoms with van der Waals surface area (Å²) >= 11 is 3.54. The van der Waals surface area contributed by atoms with Gasteiger partial charge in [-0.25, -0.2) is 0 Å². The van der Waals surface area contributed by atoms with Crippen LogP contribution in [0.4, 0.5) is 0 Å². The summed E-state index contributed by atoms with van der Waals surface area (Å²) in [5.41, 5.74) is 2.81. The minimum absolute atomic E-state index is 0.151. The number of nitrogens with one attached hydrogen (secondary N) is 1. The van der Waals surface area contributed by atoms with Gasteiger partial charge in [-0.2, -0.15) is 0 Å². The number of hydrogen-bond donors (Lipinski definition) is 1. The Labute approximate surface area is 202 Å². The maximum atomic E-state index is 13.5. The predicted molar refractivity (Wildman–Crippen MR) is 136 cm³/mol. The molecule has 1 fully saturated rings. The van der Waals surface area contributed by atoms with E-state index in [2.05, 4.69) is 57.4 Å². The van der Waals surface area contributed by atoms with Gasteiger partial charge in [-0.3, -0.25) is 14.5 Å². The van der Waals surface area contributed by atoms with Crippen LogP contribution in [0.5, 0.6) is 0 Å². The van der Waals surface area contributed by atoms with Crippen molar-refractivity contribution in [2.75, 3.05) is 19.6 Å². The van der Waals surface area contributed by atoms with Gasteiger partial charge in [0.15, 0.2) is 5.43 Å². The largest absolute Gasteiger partial charge is 0.350 e. The van der Waals surface area contributed by atoms with Crippen molar-refractivity contribution >= 4 is 29.0 Å². The first-order valence-corrected chi connectivity index (χ1v) is 13.4. The molecule has 0 aliphatic carbocycles. The van der Waals surface area contributed by atoms with E-state index in [9.17, 15) is 9.59 Å². The number of rotatable bonds is 5. The number of thioether (sulfide) groups is 1. The zero-order valence-electron chi connectivity index (χ0n) is 19.0. The Bertz CT molecular complexity index is 1220. The average Bonchev–Trinajstić information content (AvgIpc) is 3.47. The quantitative estimate of drug-likeness (QED) is 0.571. The Morgan fingerprint density at radius 2 is 2.06 bits per heavy atom. The predicted octanol–water partition coefficient (Wildman–Crippen LogP) is 4.81. The van der Waals surface area contributed by atoms with E-state index in [1.165, 1.54) is 4.88 Å². The molecule has 7 heteroatoms. The zero-order chi connectivity index (χ0) is 22.9. The summed E-state index contributed by atoms with van der Waals surface area (Å²) in [5, 5.41) is 5.35. The Kier molecular flexibility index (Phi) is 6.45. The van der Waals surface area contributed by atoms with E-state index in [1.807, 2.05) is 24.8 Å². The van der Waals surface area contributed by atoms with Crippen LogP contribution < -0.4 is 10.7 Å². The van der Waals surface area contributed by atoms with Crippen LogP contribution in [0.3, 0.4) is 0 Å². The summed E-state index contributed by atoms with van der Waals surface area (Å²) in [5.74, 6) is -0.249. The van der Waals surface area contributed by atoms with Gasteiger partial charge < -0.3 is 9.88 Å². The summed E-state index contributed by atoms with van der Waals surface area (Å²) in [4.78, 5) is 31.5. The highest BCUT2D eigenvalue weighted by Gasteiger charge is 2.30. The number of hydrogen-bond acceptors (Lipinski definition) is 5. The third-order valence-corrected chi connectivity index (χ3v) is 9.18. The van der Waals surface area contributed by atoms with Crippen LogP contribution >= 0.6 is 23.1 Å². The molecule has 1 saturated heterocycles. The lowest BCUT2D eigenvalue weighted by molar-refractivity contribution is 0.0938. The van der Waals surface area contributed by atoms with E-state index in [0.717, 1.165) is 47.9 Å². The smallest absolute Gasteiger partial charge is 0.257 e. The van der Waals surface area contributed by atoms with Gasteiger partial charge in [0.25, 0.3) is 5.91 Å². The van der Waals surface area contributed by atoms with Gasteiger partial charge in [0.05, 0.1) is 5.69 Å². The molecule has 33 heavy (non-hydrogen) atoms. The lowest BCUT2D eigenvalue weighted by Gasteiger charge is -2.24. The number of benzene rings is 1. The molecule has 2 aliphatic rings. The fourth-order valence-electron chi connectivity index (χ4n) is 5.15. The summed E-state index contributed by atoms with van der Waals surface area (Å²) in [6.07, 6.45) is 2.88. The first-order valence-electron chi connectivity index (χ1n) is 11.6. The van der Waals surface area contributed by atoms with E-state index in [4.69, 9.17) is 0 Å². The lowest BCUT2D eigenvalue weighted by atomic mass is 10.0. The molecule has 1 aromatic carbocycles. The molecule has 2 aromatic heterocycles. The minimum Gasteiger partial charge on any atom is -0.350 e. The maximum Gasteiger partial charge on any atom is 0.257 e. The second-order valence-electron chi connectivity index (χ2n) is 8.74. The van der Waals surface area contributed by atoms with Crippen LogP contribution in [0.15, 0.2) is 57.5 Å². The Morgan fingerprint density at radius 1 is 1.21 bits per heavy atom. The van der Waals surface area contributed by atoms with Gasteiger partial charge in [0, 0.05) is 51.5 Å². The summed E-state index contributed by atoms with van der Waals surface area (Å²) < 4.78 is 2.13. The summed E-state index contributed by atoms with van der Waals surface area (Å²) in [6.45, 7) is 6.76. The van der Waals surface area contributed by atoms with E-state index >= 15 is 0 Å². The van der Waals surface area contributed by atoms with Crippen molar-refractivity contribution < 1.29 is 4.79 Å². The fourth-order valence-corrected chi connectivity index (χ4v) is 7.35. The molecule has 1 N–H and O–H groups in total. The molecule has 0 saturated carbocycles. The van der Waals surface area contributed by atoms with Crippen molar-refractivity contribution in [1.82, 2.24) is 14.8 Å². The number of amides is 1. The normalized spacial score (nSPS) is 20.2. The molecule has 0 unspecified atom stereocenters. The fraction of sp³-hybridized carbons (Fsp3) is 0.385. The zero-order valence-corrected chi connectivity index (χ0v) is 20.7. The van der Waals surface area contributed by atoms with Crippen molar-refractivity contribution in [1.29, 1.82) is 0 Å². The van der Waals surface area contributed by atoms with E-state index < -0.39 is 0 Å². The molecular weight excluding hydrogens is 450 g/mol. The maximum absolute atomic E-state index is 13.5. The van der Waals surface area contributed by atoms with E-state index in [-0.39, 0.29) is 16.6 Å². The van der Waals surface area contributed by atoms with Gasteiger partial charge in [0.1, 0.15) is 5.56 Å². The second-order valence-corrected chi connectivity index (χ2v) is 11.0. The molecule has 5 rings (SSSR count). The van der Waals surface area contributed by atoms with Crippen LogP contribution in [0.2, 0.25) is 0 Å². The van der Waals surface area contributed by atoms with Crippen LogP contribution in [-0.4, -0.2) is 41.1 Å². The topological polar surface area (TPSA) is 54.3 Å². The van der Waals surface area contributed by atoms with E-state index in [0.29, 0.717) is 24.6 Å². The first kappa shape index (κ1) is 22.4.